The van der Waals surface area contributed by atoms with Crippen LogP contribution in [0, 0.1) is 11.8 Å². The van der Waals surface area contributed by atoms with E-state index in [-0.39, 0.29) is 29.6 Å². The van der Waals surface area contributed by atoms with Gasteiger partial charge in [-0.05, 0) is 25.7 Å². The number of cyclic esters (lactones) is 1. The molecule has 0 aromatic carbocycles. The van der Waals surface area contributed by atoms with Crippen molar-refractivity contribution in [1.29, 1.82) is 0 Å². The summed E-state index contributed by atoms with van der Waals surface area (Å²) in [7, 11) is 0. The van der Waals surface area contributed by atoms with Crippen LogP contribution in [-0.4, -0.2) is 81.6 Å². The van der Waals surface area contributed by atoms with Crippen LogP contribution >= 0.6 is 11.8 Å². The van der Waals surface area contributed by atoms with Crippen LogP contribution in [0.15, 0.2) is 24.3 Å². The average molecular weight is 463 g/mol. The first-order valence-corrected chi connectivity index (χ1v) is 12.8. The van der Waals surface area contributed by atoms with Crippen molar-refractivity contribution in [3.8, 4) is 0 Å². The number of rotatable bonds is 7. The van der Waals surface area contributed by atoms with Gasteiger partial charge in [-0.25, -0.2) is 0 Å². The van der Waals surface area contributed by atoms with Crippen LogP contribution in [0.4, 0.5) is 0 Å². The van der Waals surface area contributed by atoms with Crippen molar-refractivity contribution in [2.75, 3.05) is 32.8 Å². The third-order valence-corrected chi connectivity index (χ3v) is 8.77. The van der Waals surface area contributed by atoms with Crippen LogP contribution in [0.3, 0.4) is 0 Å². The highest BCUT2D eigenvalue weighted by molar-refractivity contribution is 8.02. The Morgan fingerprint density at radius 1 is 1.16 bits per heavy atom. The molecule has 1 spiro atoms. The monoisotopic (exact) mass is 462 g/mol. The largest absolute Gasteiger partial charge is 0.465 e. The van der Waals surface area contributed by atoms with Gasteiger partial charge in [0.25, 0.3) is 0 Å². The maximum atomic E-state index is 13.8. The molecule has 8 heteroatoms. The number of carbonyl (C=O) groups excluding carboxylic acids is 3. The summed E-state index contributed by atoms with van der Waals surface area (Å²) in [6, 6.07) is -0.659. The molecule has 2 fully saturated rings. The molecule has 0 radical (unpaired) electrons. The van der Waals surface area contributed by atoms with E-state index in [0.717, 1.165) is 32.1 Å². The number of amides is 2. The quantitative estimate of drug-likeness (QED) is 0.354. The van der Waals surface area contributed by atoms with Gasteiger partial charge in [-0.2, -0.15) is 0 Å². The molecule has 4 aliphatic heterocycles. The number of hydrogen-bond donors (Lipinski definition) is 1. The van der Waals surface area contributed by atoms with E-state index < -0.39 is 22.6 Å². The molecule has 0 aromatic rings. The van der Waals surface area contributed by atoms with Gasteiger partial charge in [-0.15, -0.1) is 11.8 Å². The SMILES string of the molecule is CCCCCN1CC=C[C@]23S[C@@H]4/C=C\CCCOC(=O)[C@@H]4[C@H]2C(=O)N(CCCO)C3C1=O. The number of esters is 1. The van der Waals surface area contributed by atoms with Crippen LogP contribution < -0.4 is 0 Å². The Balaban J connectivity index is 1.73. The maximum Gasteiger partial charge on any atom is 0.311 e. The Morgan fingerprint density at radius 3 is 2.78 bits per heavy atom. The molecular weight excluding hydrogens is 428 g/mol. The fourth-order valence-corrected chi connectivity index (χ4v) is 7.54. The van der Waals surface area contributed by atoms with Crippen molar-refractivity contribution in [2.45, 2.75) is 61.5 Å². The second-order valence-corrected chi connectivity index (χ2v) is 10.6. The van der Waals surface area contributed by atoms with Gasteiger partial charge < -0.3 is 19.6 Å². The van der Waals surface area contributed by atoms with E-state index >= 15 is 0 Å². The smallest absolute Gasteiger partial charge is 0.311 e. The minimum absolute atomic E-state index is 0.0452. The number of aliphatic hydroxyl groups excluding tert-OH is 1. The first-order chi connectivity index (χ1) is 15.5. The van der Waals surface area contributed by atoms with E-state index in [1.165, 1.54) is 0 Å². The predicted octanol–water partition coefficient (Wildman–Crippen LogP) is 2.15. The number of hydrogen-bond acceptors (Lipinski definition) is 6. The summed E-state index contributed by atoms with van der Waals surface area (Å²) in [4.78, 5) is 44.2. The molecule has 32 heavy (non-hydrogen) atoms. The van der Waals surface area contributed by atoms with Crippen molar-refractivity contribution in [2.24, 2.45) is 11.8 Å². The first-order valence-electron chi connectivity index (χ1n) is 11.9. The molecule has 176 valence electrons. The van der Waals surface area contributed by atoms with Gasteiger partial charge in [0.1, 0.15) is 6.04 Å². The van der Waals surface area contributed by atoms with Crippen molar-refractivity contribution >= 4 is 29.5 Å². The molecule has 4 heterocycles. The zero-order valence-electron chi connectivity index (χ0n) is 18.8. The number of fused-ring (bicyclic) bond motifs is 2. The van der Waals surface area contributed by atoms with Gasteiger partial charge in [0.15, 0.2) is 0 Å². The van der Waals surface area contributed by atoms with Crippen molar-refractivity contribution < 1.29 is 24.2 Å². The number of allylic oxidation sites excluding steroid dienone is 1. The summed E-state index contributed by atoms with van der Waals surface area (Å²) >= 11 is 1.57. The predicted molar refractivity (Wildman–Crippen MR) is 123 cm³/mol. The van der Waals surface area contributed by atoms with Gasteiger partial charge in [0.05, 0.1) is 23.2 Å². The van der Waals surface area contributed by atoms with Gasteiger partial charge in [0.2, 0.25) is 11.8 Å². The third-order valence-electron chi connectivity index (χ3n) is 7.02. The molecule has 0 bridgehead atoms. The molecule has 1 unspecified atom stereocenters. The minimum Gasteiger partial charge on any atom is -0.465 e. The first kappa shape index (κ1) is 23.4. The lowest BCUT2D eigenvalue weighted by Crippen LogP contribution is -2.53. The summed E-state index contributed by atoms with van der Waals surface area (Å²) in [5.74, 6) is -1.78. The van der Waals surface area contributed by atoms with Gasteiger partial charge in [-0.1, -0.05) is 44.1 Å². The molecule has 4 rings (SSSR count). The lowest BCUT2D eigenvalue weighted by Gasteiger charge is -2.35. The van der Waals surface area contributed by atoms with E-state index in [0.29, 0.717) is 32.7 Å². The summed E-state index contributed by atoms with van der Waals surface area (Å²) in [6.45, 7) is 3.92. The summed E-state index contributed by atoms with van der Waals surface area (Å²) in [5, 5.41) is 9.23. The zero-order valence-corrected chi connectivity index (χ0v) is 19.6. The summed E-state index contributed by atoms with van der Waals surface area (Å²) in [5.41, 5.74) is 0. The van der Waals surface area contributed by atoms with Crippen molar-refractivity contribution in [1.82, 2.24) is 9.80 Å². The van der Waals surface area contributed by atoms with E-state index in [1.807, 2.05) is 23.1 Å². The van der Waals surface area contributed by atoms with Crippen LogP contribution in [0.1, 0.15) is 45.4 Å². The second kappa shape index (κ2) is 10.00. The van der Waals surface area contributed by atoms with Crippen molar-refractivity contribution in [3.05, 3.63) is 24.3 Å². The van der Waals surface area contributed by atoms with Crippen molar-refractivity contribution in [3.63, 3.8) is 0 Å². The number of nitrogens with zero attached hydrogens (tertiary/aromatic N) is 2. The van der Waals surface area contributed by atoms with Crippen LogP contribution in [0.5, 0.6) is 0 Å². The highest BCUT2D eigenvalue weighted by Gasteiger charge is 2.70. The molecule has 0 saturated carbocycles. The number of ether oxygens (including phenoxy) is 1. The van der Waals surface area contributed by atoms with Crippen LogP contribution in [0.25, 0.3) is 0 Å². The van der Waals surface area contributed by atoms with Crippen LogP contribution in [-0.2, 0) is 19.1 Å². The molecule has 1 N–H and O–H groups in total. The number of thioether (sulfide) groups is 1. The molecule has 2 saturated heterocycles. The summed E-state index contributed by atoms with van der Waals surface area (Å²) in [6.07, 6.45) is 13.2. The number of likely N-dealkylation sites (tertiary alicyclic amines) is 1. The topological polar surface area (TPSA) is 87.2 Å². The molecule has 5 atom stereocenters. The van der Waals surface area contributed by atoms with E-state index in [2.05, 4.69) is 13.0 Å². The lowest BCUT2D eigenvalue weighted by molar-refractivity contribution is -0.153. The fourth-order valence-electron chi connectivity index (χ4n) is 5.53. The average Bonchev–Trinajstić information content (AvgIpc) is 3.19. The number of aliphatic hydroxyl groups is 1. The second-order valence-electron chi connectivity index (χ2n) is 9.08. The number of carbonyl (C=O) groups is 3. The highest BCUT2D eigenvalue weighted by atomic mass is 32.2. The minimum atomic E-state index is -0.791. The standard InChI is InChI=1S/C24H34N2O5S/c1-2-3-6-12-25-13-8-11-24-19(21(28)26(14-9-15-27)20(24)22(25)29)18-17(32-24)10-5-4-7-16-31-23(18)30/h5,8,10-11,17-20,27H,2-4,6-7,9,12-16H2,1H3/b10-5-/t17-,18+,19+,20?,24+/m1/s1. The van der Waals surface area contributed by atoms with E-state index in [4.69, 9.17) is 4.74 Å². The fraction of sp³-hybridized carbons (Fsp3) is 0.708. The van der Waals surface area contributed by atoms with Gasteiger partial charge in [-0.3, -0.25) is 14.4 Å². The molecular formula is C24H34N2O5S. The van der Waals surface area contributed by atoms with Crippen LogP contribution in [0.2, 0.25) is 0 Å². The molecule has 7 nitrogen and oxygen atoms in total. The highest BCUT2D eigenvalue weighted by Crippen LogP contribution is 2.60. The van der Waals surface area contributed by atoms with E-state index in [1.54, 1.807) is 16.7 Å². The van der Waals surface area contributed by atoms with E-state index in [9.17, 15) is 19.5 Å². The van der Waals surface area contributed by atoms with Gasteiger partial charge in [0, 0.05) is 31.5 Å². The Morgan fingerprint density at radius 2 is 2.00 bits per heavy atom. The summed E-state index contributed by atoms with van der Waals surface area (Å²) < 4.78 is 4.76. The third kappa shape index (κ3) is 4.00. The van der Waals surface area contributed by atoms with Gasteiger partial charge >= 0.3 is 5.97 Å². The molecule has 0 aromatic heterocycles. The Bertz CT molecular complexity index is 799. The Kier molecular flexibility index (Phi) is 7.30. The maximum absolute atomic E-state index is 13.8. The lowest BCUT2D eigenvalue weighted by atomic mass is 9.78. The Labute approximate surface area is 194 Å². The zero-order chi connectivity index (χ0) is 22.7. The Hall–Kier alpha value is -1.80. The molecule has 2 amide bonds. The number of unbranched alkanes of at least 4 members (excludes halogenated alkanes) is 2. The molecule has 4 aliphatic rings. The normalized spacial score (nSPS) is 35.4. The molecule has 0 aliphatic carbocycles.